The summed E-state index contributed by atoms with van der Waals surface area (Å²) in [5.74, 6) is 0. The first-order valence-electron chi connectivity index (χ1n) is 7.91. The van der Waals surface area contributed by atoms with Gasteiger partial charge in [0, 0.05) is 36.0 Å². The fourth-order valence-electron chi connectivity index (χ4n) is 2.88. The molecule has 124 valence electrons. The second-order valence-electron chi connectivity index (χ2n) is 6.13. The molecule has 0 spiro atoms. The zero-order valence-electron chi connectivity index (χ0n) is 14.1. The highest BCUT2D eigenvalue weighted by molar-refractivity contribution is 7.99. The van der Waals surface area contributed by atoms with E-state index < -0.39 is 0 Å². The van der Waals surface area contributed by atoms with Gasteiger partial charge in [-0.3, -0.25) is 0 Å². The van der Waals surface area contributed by atoms with Crippen LogP contribution in [0.1, 0.15) is 11.1 Å². The molecule has 0 bridgehead atoms. The van der Waals surface area contributed by atoms with Crippen molar-refractivity contribution in [1.29, 1.82) is 0 Å². The molecule has 0 unspecified atom stereocenters. The fourth-order valence-corrected chi connectivity index (χ4v) is 3.93. The summed E-state index contributed by atoms with van der Waals surface area (Å²) in [6, 6.07) is 15.5. The molecule has 3 rings (SSSR count). The van der Waals surface area contributed by atoms with Crippen molar-refractivity contribution in [3.8, 4) is 0 Å². The average Bonchev–Trinajstić information content (AvgIpc) is 2.51. The first-order valence-corrected chi connectivity index (χ1v) is 8.73. The van der Waals surface area contributed by atoms with E-state index in [2.05, 4.69) is 73.2 Å². The minimum atomic E-state index is 0. The first kappa shape index (κ1) is 18.2. The molecular formula is C19H25ClN2S. The van der Waals surface area contributed by atoms with Crippen molar-refractivity contribution >= 4 is 29.9 Å². The van der Waals surface area contributed by atoms with Crippen molar-refractivity contribution in [2.75, 3.05) is 38.1 Å². The van der Waals surface area contributed by atoms with Gasteiger partial charge in [-0.05, 0) is 44.7 Å². The van der Waals surface area contributed by atoms with Crippen LogP contribution < -0.4 is 4.90 Å². The van der Waals surface area contributed by atoms with Crippen molar-refractivity contribution in [2.24, 2.45) is 0 Å². The predicted molar refractivity (Wildman–Crippen MR) is 103 cm³/mol. The minimum absolute atomic E-state index is 0. The lowest BCUT2D eigenvalue weighted by Gasteiger charge is -2.35. The largest absolute Gasteiger partial charge is 0.368 e. The number of para-hydroxylation sites is 1. The number of likely N-dealkylation sites (N-methyl/N-ethyl adjacent to an activating group) is 1. The van der Waals surface area contributed by atoms with E-state index in [4.69, 9.17) is 0 Å². The molecule has 23 heavy (non-hydrogen) atoms. The van der Waals surface area contributed by atoms with E-state index in [1.54, 1.807) is 0 Å². The summed E-state index contributed by atoms with van der Waals surface area (Å²) in [5, 5.41) is 0. The van der Waals surface area contributed by atoms with Crippen LogP contribution in [0.3, 0.4) is 0 Å². The lowest BCUT2D eigenvalue weighted by molar-refractivity contribution is 0.312. The Morgan fingerprint density at radius 3 is 2.26 bits per heavy atom. The highest BCUT2D eigenvalue weighted by Gasteiger charge is 2.17. The van der Waals surface area contributed by atoms with Gasteiger partial charge in [-0.25, -0.2) is 0 Å². The smallest absolute Gasteiger partial charge is 0.0508 e. The number of hydrogen-bond acceptors (Lipinski definition) is 3. The molecule has 1 fully saturated rings. The number of anilines is 1. The molecule has 1 heterocycles. The van der Waals surface area contributed by atoms with Crippen molar-refractivity contribution < 1.29 is 0 Å². The Labute approximate surface area is 150 Å². The van der Waals surface area contributed by atoms with Crippen LogP contribution in [-0.4, -0.2) is 38.1 Å². The first-order chi connectivity index (χ1) is 10.6. The third-order valence-electron chi connectivity index (χ3n) is 4.26. The molecule has 0 aliphatic carbocycles. The molecule has 2 nitrogen and oxygen atoms in total. The molecule has 0 saturated carbocycles. The van der Waals surface area contributed by atoms with Gasteiger partial charge in [0.15, 0.2) is 0 Å². The van der Waals surface area contributed by atoms with Crippen LogP contribution in [-0.2, 0) is 0 Å². The van der Waals surface area contributed by atoms with E-state index in [0.29, 0.717) is 0 Å². The van der Waals surface area contributed by atoms with Crippen LogP contribution in [0.5, 0.6) is 0 Å². The molecule has 0 aromatic heterocycles. The van der Waals surface area contributed by atoms with E-state index in [1.807, 2.05) is 11.8 Å². The van der Waals surface area contributed by atoms with E-state index in [1.165, 1.54) is 26.6 Å². The predicted octanol–water partition coefficient (Wildman–Crippen LogP) is 4.63. The Morgan fingerprint density at radius 2 is 1.57 bits per heavy atom. The van der Waals surface area contributed by atoms with Gasteiger partial charge in [0.05, 0.1) is 5.69 Å². The van der Waals surface area contributed by atoms with Gasteiger partial charge >= 0.3 is 0 Å². The number of piperazine rings is 1. The molecule has 4 heteroatoms. The Hall–Kier alpha value is -1.16. The maximum atomic E-state index is 2.52. The molecule has 0 radical (unpaired) electrons. The summed E-state index contributed by atoms with van der Waals surface area (Å²) in [5.41, 5.74) is 4.06. The molecule has 1 saturated heterocycles. The molecule has 2 aromatic rings. The van der Waals surface area contributed by atoms with E-state index >= 15 is 0 Å². The Morgan fingerprint density at radius 1 is 0.870 bits per heavy atom. The van der Waals surface area contributed by atoms with Gasteiger partial charge in [0.1, 0.15) is 0 Å². The van der Waals surface area contributed by atoms with Gasteiger partial charge in [-0.1, -0.05) is 41.6 Å². The van der Waals surface area contributed by atoms with Gasteiger partial charge in [-0.15, -0.1) is 12.4 Å². The number of nitrogens with zero attached hydrogens (tertiary/aromatic N) is 2. The number of aryl methyl sites for hydroxylation is 2. The highest BCUT2D eigenvalue weighted by atomic mass is 35.5. The second-order valence-corrected chi connectivity index (χ2v) is 7.21. The number of benzene rings is 2. The number of hydrogen-bond donors (Lipinski definition) is 0. The summed E-state index contributed by atoms with van der Waals surface area (Å²) < 4.78 is 0. The molecule has 1 aliphatic rings. The van der Waals surface area contributed by atoms with Crippen LogP contribution in [0, 0.1) is 13.8 Å². The molecule has 0 amide bonds. The Bertz CT molecular complexity index is 652. The molecule has 0 atom stereocenters. The molecule has 2 aromatic carbocycles. The third kappa shape index (κ3) is 4.43. The van der Waals surface area contributed by atoms with E-state index in [9.17, 15) is 0 Å². The zero-order valence-corrected chi connectivity index (χ0v) is 15.7. The highest BCUT2D eigenvalue weighted by Crippen LogP contribution is 2.37. The van der Waals surface area contributed by atoms with Crippen LogP contribution >= 0.6 is 24.2 Å². The van der Waals surface area contributed by atoms with Crippen LogP contribution in [0.2, 0.25) is 0 Å². The van der Waals surface area contributed by atoms with Gasteiger partial charge in [0.25, 0.3) is 0 Å². The van der Waals surface area contributed by atoms with Crippen molar-refractivity contribution in [2.45, 2.75) is 23.6 Å². The molecule has 0 N–H and O–H groups in total. The topological polar surface area (TPSA) is 6.48 Å². The van der Waals surface area contributed by atoms with Crippen molar-refractivity contribution in [3.63, 3.8) is 0 Å². The summed E-state index contributed by atoms with van der Waals surface area (Å²) in [6.07, 6.45) is 0. The lowest BCUT2D eigenvalue weighted by Crippen LogP contribution is -2.44. The maximum absolute atomic E-state index is 2.52. The fraction of sp³-hybridized carbons (Fsp3) is 0.368. The van der Waals surface area contributed by atoms with Crippen LogP contribution in [0.4, 0.5) is 5.69 Å². The summed E-state index contributed by atoms with van der Waals surface area (Å²) >= 11 is 1.89. The Balaban J connectivity index is 0.00000192. The van der Waals surface area contributed by atoms with Gasteiger partial charge < -0.3 is 9.80 Å². The SMILES string of the molecule is Cc1ccc(Sc2ccccc2N2CCN(C)CC2)c(C)c1.Cl. The van der Waals surface area contributed by atoms with Gasteiger partial charge in [0.2, 0.25) is 0 Å². The maximum Gasteiger partial charge on any atom is 0.0508 e. The van der Waals surface area contributed by atoms with Gasteiger partial charge in [-0.2, -0.15) is 0 Å². The summed E-state index contributed by atoms with van der Waals surface area (Å²) in [6.45, 7) is 8.86. The zero-order chi connectivity index (χ0) is 15.5. The Kier molecular flexibility index (Phi) is 6.40. The van der Waals surface area contributed by atoms with E-state index in [-0.39, 0.29) is 12.4 Å². The van der Waals surface area contributed by atoms with Crippen LogP contribution in [0.15, 0.2) is 52.3 Å². The van der Waals surface area contributed by atoms with Crippen molar-refractivity contribution in [3.05, 3.63) is 53.6 Å². The quantitative estimate of drug-likeness (QED) is 0.798. The molecule has 1 aliphatic heterocycles. The third-order valence-corrected chi connectivity index (χ3v) is 5.50. The lowest BCUT2D eigenvalue weighted by atomic mass is 10.2. The van der Waals surface area contributed by atoms with Crippen LogP contribution in [0.25, 0.3) is 0 Å². The summed E-state index contributed by atoms with van der Waals surface area (Å²) in [7, 11) is 2.20. The van der Waals surface area contributed by atoms with Crippen molar-refractivity contribution in [1.82, 2.24) is 4.90 Å². The second kappa shape index (κ2) is 8.09. The normalized spacial score (nSPS) is 15.3. The number of rotatable bonds is 3. The molecular weight excluding hydrogens is 324 g/mol. The monoisotopic (exact) mass is 348 g/mol. The summed E-state index contributed by atoms with van der Waals surface area (Å²) in [4.78, 5) is 7.63. The standard InChI is InChI=1S/C19H24N2S.ClH/c1-15-8-9-18(16(2)14-15)22-19-7-5-4-6-17(19)21-12-10-20(3)11-13-21;/h4-9,14H,10-13H2,1-3H3;1H. The van der Waals surface area contributed by atoms with E-state index in [0.717, 1.165) is 26.2 Å². The number of halogens is 1. The average molecular weight is 349 g/mol. The minimum Gasteiger partial charge on any atom is -0.368 e.